The van der Waals surface area contributed by atoms with Crippen LogP contribution in [0.3, 0.4) is 0 Å². The number of thioether (sulfide) groups is 1. The Kier molecular flexibility index (Phi) is 8.12. The molecule has 6 nitrogen and oxygen atoms in total. The van der Waals surface area contributed by atoms with Crippen LogP contribution in [0.4, 0.5) is 29.3 Å². The molecule has 2 heterocycles. The number of rotatable bonds is 8. The van der Waals surface area contributed by atoms with Crippen molar-refractivity contribution >= 4 is 29.2 Å². The van der Waals surface area contributed by atoms with Gasteiger partial charge < -0.3 is 9.64 Å². The first-order valence-corrected chi connectivity index (χ1v) is 11.6. The SMILES string of the molecule is CCCCOC(=O)Nc1cnccc1CN1CN(c2ccc(SC(F)(F)F)cc2)CC1(C)C. The van der Waals surface area contributed by atoms with Crippen molar-refractivity contribution in [2.45, 2.75) is 56.1 Å². The van der Waals surface area contributed by atoms with Crippen molar-refractivity contribution in [2.24, 2.45) is 0 Å². The lowest BCUT2D eigenvalue weighted by Crippen LogP contribution is -2.39. The van der Waals surface area contributed by atoms with Crippen molar-refractivity contribution in [3.05, 3.63) is 48.3 Å². The maximum absolute atomic E-state index is 12.6. The molecule has 180 valence electrons. The van der Waals surface area contributed by atoms with Crippen molar-refractivity contribution in [2.75, 3.05) is 30.0 Å². The fourth-order valence-electron chi connectivity index (χ4n) is 3.64. The van der Waals surface area contributed by atoms with Gasteiger partial charge in [-0.05, 0) is 67.9 Å². The van der Waals surface area contributed by atoms with E-state index < -0.39 is 11.6 Å². The lowest BCUT2D eigenvalue weighted by molar-refractivity contribution is -0.0328. The van der Waals surface area contributed by atoms with E-state index in [1.165, 1.54) is 12.1 Å². The minimum absolute atomic E-state index is 0.113. The molecule has 0 saturated carbocycles. The van der Waals surface area contributed by atoms with Crippen LogP contribution in [-0.4, -0.2) is 46.8 Å². The number of alkyl halides is 3. The Bertz CT molecular complexity index is 938. The minimum Gasteiger partial charge on any atom is -0.449 e. The van der Waals surface area contributed by atoms with Gasteiger partial charge in [-0.25, -0.2) is 4.79 Å². The van der Waals surface area contributed by atoms with E-state index in [1.54, 1.807) is 24.5 Å². The molecule has 1 amide bonds. The number of ether oxygens (including phenoxy) is 1. The number of amides is 1. The highest BCUT2D eigenvalue weighted by Gasteiger charge is 2.37. The van der Waals surface area contributed by atoms with Gasteiger partial charge in [-0.2, -0.15) is 13.2 Å². The number of benzene rings is 1. The number of halogens is 3. The van der Waals surface area contributed by atoms with Gasteiger partial charge in [0.2, 0.25) is 0 Å². The molecule has 0 unspecified atom stereocenters. The molecule has 1 aliphatic rings. The van der Waals surface area contributed by atoms with Gasteiger partial charge in [0.15, 0.2) is 0 Å². The Morgan fingerprint density at radius 2 is 1.97 bits per heavy atom. The molecule has 0 aliphatic carbocycles. The zero-order valence-corrected chi connectivity index (χ0v) is 19.8. The second-order valence-electron chi connectivity index (χ2n) is 8.54. The Balaban J connectivity index is 1.67. The van der Waals surface area contributed by atoms with Crippen LogP contribution in [0.15, 0.2) is 47.6 Å². The smallest absolute Gasteiger partial charge is 0.446 e. The first-order valence-electron chi connectivity index (χ1n) is 10.8. The van der Waals surface area contributed by atoms with Crippen LogP contribution in [0.25, 0.3) is 0 Å². The minimum atomic E-state index is -4.30. The van der Waals surface area contributed by atoms with E-state index in [0.717, 1.165) is 24.1 Å². The molecule has 1 aromatic heterocycles. The van der Waals surface area contributed by atoms with E-state index in [2.05, 4.69) is 33.9 Å². The Morgan fingerprint density at radius 1 is 1.24 bits per heavy atom. The lowest BCUT2D eigenvalue weighted by Gasteiger charge is -2.30. The summed E-state index contributed by atoms with van der Waals surface area (Å²) < 4.78 is 43.0. The van der Waals surface area contributed by atoms with Crippen LogP contribution in [0.5, 0.6) is 0 Å². The second kappa shape index (κ2) is 10.6. The second-order valence-corrected chi connectivity index (χ2v) is 9.68. The molecule has 1 aromatic carbocycles. The Morgan fingerprint density at radius 3 is 2.64 bits per heavy atom. The number of hydrogen-bond donors (Lipinski definition) is 1. The van der Waals surface area contributed by atoms with Gasteiger partial charge in [0.05, 0.1) is 25.2 Å². The topological polar surface area (TPSA) is 57.7 Å². The first kappa shape index (κ1) is 25.2. The standard InChI is InChI=1S/C23H29F3N4O2S/c1-4-5-12-32-21(31)28-20-13-27-11-10-17(20)14-30-16-29(15-22(30,2)3)18-6-8-19(9-7-18)33-23(24,25)26/h6-11,13H,4-5,12,14-16H2,1-3H3,(H,28,31). The monoisotopic (exact) mass is 482 g/mol. The summed E-state index contributed by atoms with van der Waals surface area (Å²) in [5.74, 6) is 0. The van der Waals surface area contributed by atoms with Crippen LogP contribution < -0.4 is 10.2 Å². The van der Waals surface area contributed by atoms with Crippen LogP contribution >= 0.6 is 11.8 Å². The van der Waals surface area contributed by atoms with Gasteiger partial charge in [-0.15, -0.1) is 0 Å². The lowest BCUT2D eigenvalue weighted by atomic mass is 10.0. The molecule has 0 spiro atoms. The van der Waals surface area contributed by atoms with Gasteiger partial charge >= 0.3 is 11.6 Å². The summed E-state index contributed by atoms with van der Waals surface area (Å²) in [6.45, 7) is 8.51. The summed E-state index contributed by atoms with van der Waals surface area (Å²) in [5.41, 5.74) is -2.12. The number of pyridine rings is 1. The number of carbonyl (C=O) groups excluding carboxylic acids is 1. The van der Waals surface area contributed by atoms with Gasteiger partial charge in [0, 0.05) is 35.4 Å². The molecular weight excluding hydrogens is 453 g/mol. The zero-order chi connectivity index (χ0) is 24.1. The average Bonchev–Trinajstić information content (AvgIpc) is 3.03. The summed E-state index contributed by atoms with van der Waals surface area (Å²) in [5, 5.41) is 2.78. The number of carbonyl (C=O) groups is 1. The van der Waals surface area contributed by atoms with Crippen LogP contribution in [0.2, 0.25) is 0 Å². The first-order chi connectivity index (χ1) is 15.6. The van der Waals surface area contributed by atoms with Gasteiger partial charge in [0.1, 0.15) is 0 Å². The molecular formula is C23H29F3N4O2S. The summed E-state index contributed by atoms with van der Waals surface area (Å²) >= 11 is -0.113. The molecule has 0 bridgehead atoms. The van der Waals surface area contributed by atoms with Gasteiger partial charge in [-0.1, -0.05) is 13.3 Å². The van der Waals surface area contributed by atoms with Crippen molar-refractivity contribution < 1.29 is 22.7 Å². The predicted octanol–water partition coefficient (Wildman–Crippen LogP) is 6.10. The van der Waals surface area contributed by atoms with E-state index in [-0.39, 0.29) is 22.2 Å². The summed E-state index contributed by atoms with van der Waals surface area (Å²) in [7, 11) is 0. The van der Waals surface area contributed by atoms with E-state index in [4.69, 9.17) is 4.74 Å². The van der Waals surface area contributed by atoms with Crippen molar-refractivity contribution in [1.29, 1.82) is 0 Å². The summed E-state index contributed by atoms with van der Waals surface area (Å²) in [6.07, 6.45) is 4.53. The Labute approximate surface area is 196 Å². The molecule has 1 aliphatic heterocycles. The fourth-order valence-corrected chi connectivity index (χ4v) is 4.18. The number of nitrogens with one attached hydrogen (secondary N) is 1. The third-order valence-corrected chi connectivity index (χ3v) is 6.19. The van der Waals surface area contributed by atoms with Crippen molar-refractivity contribution in [3.8, 4) is 0 Å². The summed E-state index contributed by atoms with van der Waals surface area (Å²) in [6, 6.07) is 8.30. The van der Waals surface area contributed by atoms with Crippen LogP contribution in [-0.2, 0) is 11.3 Å². The molecule has 2 aromatic rings. The van der Waals surface area contributed by atoms with E-state index in [9.17, 15) is 18.0 Å². The highest BCUT2D eigenvalue weighted by molar-refractivity contribution is 8.00. The largest absolute Gasteiger partial charge is 0.449 e. The molecule has 10 heteroatoms. The molecule has 33 heavy (non-hydrogen) atoms. The van der Waals surface area contributed by atoms with E-state index in [0.29, 0.717) is 32.1 Å². The molecule has 0 radical (unpaired) electrons. The molecule has 1 N–H and O–H groups in total. The average molecular weight is 483 g/mol. The fraction of sp³-hybridized carbons (Fsp3) is 0.478. The number of aromatic nitrogens is 1. The number of anilines is 2. The van der Waals surface area contributed by atoms with E-state index >= 15 is 0 Å². The third-order valence-electron chi connectivity index (χ3n) is 5.45. The van der Waals surface area contributed by atoms with E-state index in [1.807, 2.05) is 13.0 Å². The maximum Gasteiger partial charge on any atom is 0.446 e. The molecule has 0 atom stereocenters. The Hall–Kier alpha value is -2.46. The van der Waals surface area contributed by atoms with Crippen LogP contribution in [0, 0.1) is 0 Å². The molecule has 1 saturated heterocycles. The number of unbranched alkanes of at least 4 members (excludes halogenated alkanes) is 1. The maximum atomic E-state index is 12.6. The molecule has 3 rings (SSSR count). The zero-order valence-electron chi connectivity index (χ0n) is 19.0. The van der Waals surface area contributed by atoms with Crippen molar-refractivity contribution in [1.82, 2.24) is 9.88 Å². The quantitative estimate of drug-likeness (QED) is 0.362. The van der Waals surface area contributed by atoms with Crippen molar-refractivity contribution in [3.63, 3.8) is 0 Å². The normalized spacial score (nSPS) is 16.1. The molecule has 1 fully saturated rings. The highest BCUT2D eigenvalue weighted by Crippen LogP contribution is 2.38. The third kappa shape index (κ3) is 7.26. The van der Waals surface area contributed by atoms with Gasteiger partial charge in [0.25, 0.3) is 0 Å². The number of nitrogens with zero attached hydrogens (tertiary/aromatic N) is 3. The number of hydrogen-bond acceptors (Lipinski definition) is 6. The highest BCUT2D eigenvalue weighted by atomic mass is 32.2. The van der Waals surface area contributed by atoms with Crippen LogP contribution in [0.1, 0.15) is 39.2 Å². The predicted molar refractivity (Wildman–Crippen MR) is 124 cm³/mol. The summed E-state index contributed by atoms with van der Waals surface area (Å²) in [4.78, 5) is 20.8. The van der Waals surface area contributed by atoms with Gasteiger partial charge in [-0.3, -0.25) is 15.2 Å².